The van der Waals surface area contributed by atoms with E-state index in [1.807, 2.05) is 0 Å². The summed E-state index contributed by atoms with van der Waals surface area (Å²) in [4.78, 5) is 30.2. The number of hydrogen-bond acceptors (Lipinski definition) is 5. The molecule has 3 aromatic rings. The number of amides is 2. The average molecular weight is 393 g/mol. The molecular weight excluding hydrogens is 378 g/mol. The van der Waals surface area contributed by atoms with Crippen molar-refractivity contribution in [3.05, 3.63) is 83.7 Å². The van der Waals surface area contributed by atoms with E-state index >= 15 is 0 Å². The van der Waals surface area contributed by atoms with E-state index in [0.717, 1.165) is 4.90 Å². The molecule has 2 aromatic carbocycles. The zero-order valence-corrected chi connectivity index (χ0v) is 15.6. The minimum absolute atomic E-state index is 0.108. The van der Waals surface area contributed by atoms with E-state index in [1.54, 1.807) is 37.3 Å². The van der Waals surface area contributed by atoms with Crippen molar-refractivity contribution < 1.29 is 18.0 Å². The molecule has 0 unspecified atom stereocenters. The molecular formula is C20H15N3O4S. The van der Waals surface area contributed by atoms with E-state index in [1.165, 1.54) is 36.5 Å². The lowest BCUT2D eigenvalue weighted by atomic mass is 10.2. The highest BCUT2D eigenvalue weighted by molar-refractivity contribution is 7.92. The van der Waals surface area contributed by atoms with Gasteiger partial charge in [-0.2, -0.15) is 0 Å². The normalized spacial score (nSPS) is 13.5. The van der Waals surface area contributed by atoms with Gasteiger partial charge in [-0.25, -0.2) is 13.3 Å². The molecule has 0 saturated carbocycles. The molecule has 1 aromatic heterocycles. The van der Waals surface area contributed by atoms with Crippen molar-refractivity contribution in [1.82, 2.24) is 4.98 Å². The number of carbonyl (C=O) groups is 2. The fraction of sp³-hybridized carbons (Fsp3) is 0.0500. The molecule has 1 N–H and O–H groups in total. The third-order valence-corrected chi connectivity index (χ3v) is 5.95. The molecule has 0 fully saturated rings. The largest absolute Gasteiger partial charge is 0.284 e. The first-order valence-corrected chi connectivity index (χ1v) is 9.89. The quantitative estimate of drug-likeness (QED) is 0.688. The smallest absolute Gasteiger partial charge is 0.280 e. The molecule has 140 valence electrons. The highest BCUT2D eigenvalue weighted by atomic mass is 32.2. The van der Waals surface area contributed by atoms with Crippen LogP contribution in [0.4, 0.5) is 11.4 Å². The number of hydrogen-bond donors (Lipinski definition) is 1. The second kappa shape index (κ2) is 6.58. The van der Waals surface area contributed by atoms with Crippen LogP contribution in [0.3, 0.4) is 0 Å². The summed E-state index contributed by atoms with van der Waals surface area (Å²) >= 11 is 0. The Balaban J connectivity index is 1.60. The average Bonchev–Trinajstić information content (AvgIpc) is 2.93. The van der Waals surface area contributed by atoms with E-state index in [9.17, 15) is 18.0 Å². The SMILES string of the molecule is Cc1ccccc1S(=O)(=O)Nc1ccc(N2C(=O)c3cccnc3C2=O)cc1. The van der Waals surface area contributed by atoms with Gasteiger partial charge in [-0.3, -0.25) is 19.3 Å². The van der Waals surface area contributed by atoms with Gasteiger partial charge in [0.15, 0.2) is 0 Å². The number of sulfonamides is 1. The maximum atomic E-state index is 12.6. The Morgan fingerprint density at radius 1 is 0.893 bits per heavy atom. The number of pyridine rings is 1. The minimum atomic E-state index is -3.75. The number of fused-ring (bicyclic) bond motifs is 1. The van der Waals surface area contributed by atoms with Crippen molar-refractivity contribution in [2.45, 2.75) is 11.8 Å². The lowest BCUT2D eigenvalue weighted by Gasteiger charge is -2.15. The number of nitrogens with one attached hydrogen (secondary N) is 1. The molecule has 8 heteroatoms. The van der Waals surface area contributed by atoms with Gasteiger partial charge < -0.3 is 0 Å². The van der Waals surface area contributed by atoms with Crippen molar-refractivity contribution in [3.8, 4) is 0 Å². The number of anilines is 2. The first-order valence-electron chi connectivity index (χ1n) is 8.41. The first kappa shape index (κ1) is 17.9. The van der Waals surface area contributed by atoms with Gasteiger partial charge in [-0.15, -0.1) is 0 Å². The molecule has 0 saturated heterocycles. The van der Waals surface area contributed by atoms with Crippen LogP contribution in [0, 0.1) is 6.92 Å². The van der Waals surface area contributed by atoms with Crippen molar-refractivity contribution >= 4 is 33.2 Å². The van der Waals surface area contributed by atoms with Crippen molar-refractivity contribution in [2.24, 2.45) is 0 Å². The fourth-order valence-corrected chi connectivity index (χ4v) is 4.35. The first-order chi connectivity index (χ1) is 13.4. The number of aryl methyl sites for hydroxylation is 1. The standard InChI is InChI=1S/C20H15N3O4S/c1-13-5-2-3-7-17(13)28(26,27)22-14-8-10-15(11-9-14)23-19(24)16-6-4-12-21-18(16)20(23)25/h2-12,22H,1H3. The number of nitrogens with zero attached hydrogens (tertiary/aromatic N) is 2. The lowest BCUT2D eigenvalue weighted by molar-refractivity contribution is 0.0924. The van der Waals surface area contributed by atoms with Crippen LogP contribution < -0.4 is 9.62 Å². The molecule has 0 spiro atoms. The van der Waals surface area contributed by atoms with Crippen LogP contribution in [0.25, 0.3) is 0 Å². The second-order valence-corrected chi connectivity index (χ2v) is 7.91. The highest BCUT2D eigenvalue weighted by Crippen LogP contribution is 2.28. The topological polar surface area (TPSA) is 96.4 Å². The van der Waals surface area contributed by atoms with Gasteiger partial charge in [0.1, 0.15) is 5.69 Å². The summed E-state index contributed by atoms with van der Waals surface area (Å²) in [5.74, 6) is -0.963. The van der Waals surface area contributed by atoms with Crippen LogP contribution in [-0.4, -0.2) is 25.2 Å². The summed E-state index contributed by atoms with van der Waals surface area (Å²) in [6.07, 6.45) is 1.46. The van der Waals surface area contributed by atoms with E-state index in [4.69, 9.17) is 0 Å². The Kier molecular flexibility index (Phi) is 4.20. The van der Waals surface area contributed by atoms with Gasteiger partial charge in [0.25, 0.3) is 21.8 Å². The molecule has 0 atom stereocenters. The maximum Gasteiger partial charge on any atom is 0.284 e. The number of rotatable bonds is 4. The molecule has 0 bridgehead atoms. The second-order valence-electron chi connectivity index (χ2n) is 6.26. The highest BCUT2D eigenvalue weighted by Gasteiger charge is 2.37. The van der Waals surface area contributed by atoms with Crippen LogP contribution in [0.5, 0.6) is 0 Å². The minimum Gasteiger partial charge on any atom is -0.280 e. The van der Waals surface area contributed by atoms with Crippen LogP contribution >= 0.6 is 0 Å². The molecule has 0 radical (unpaired) electrons. The van der Waals surface area contributed by atoms with Gasteiger partial charge in [-0.05, 0) is 55.0 Å². The zero-order valence-electron chi connectivity index (χ0n) is 14.8. The monoisotopic (exact) mass is 393 g/mol. The van der Waals surface area contributed by atoms with Gasteiger partial charge in [0.05, 0.1) is 16.1 Å². The molecule has 2 heterocycles. The third-order valence-electron chi connectivity index (χ3n) is 4.41. The summed E-state index contributed by atoms with van der Waals surface area (Å²) in [6.45, 7) is 1.72. The Bertz CT molecular complexity index is 1170. The molecule has 1 aliphatic rings. The Morgan fingerprint density at radius 3 is 2.29 bits per heavy atom. The molecule has 2 amide bonds. The van der Waals surface area contributed by atoms with Crippen LogP contribution in [0.1, 0.15) is 26.4 Å². The number of benzene rings is 2. The Labute approximate surface area is 161 Å². The molecule has 0 aliphatic carbocycles. The summed E-state index contributed by atoms with van der Waals surface area (Å²) in [5, 5.41) is 0. The van der Waals surface area contributed by atoms with E-state index in [-0.39, 0.29) is 16.2 Å². The third kappa shape index (κ3) is 2.93. The summed E-state index contributed by atoms with van der Waals surface area (Å²) in [6, 6.07) is 15.8. The zero-order chi connectivity index (χ0) is 19.9. The van der Waals surface area contributed by atoms with Gasteiger partial charge in [0, 0.05) is 11.9 Å². The van der Waals surface area contributed by atoms with E-state index in [0.29, 0.717) is 16.9 Å². The van der Waals surface area contributed by atoms with Crippen molar-refractivity contribution in [3.63, 3.8) is 0 Å². The summed E-state index contributed by atoms with van der Waals surface area (Å²) in [7, 11) is -3.75. The number of imide groups is 1. The predicted octanol–water partition coefficient (Wildman–Crippen LogP) is 2.99. The van der Waals surface area contributed by atoms with E-state index < -0.39 is 21.8 Å². The fourth-order valence-electron chi connectivity index (χ4n) is 3.05. The van der Waals surface area contributed by atoms with Crippen molar-refractivity contribution in [1.29, 1.82) is 0 Å². The van der Waals surface area contributed by atoms with Crippen LogP contribution in [-0.2, 0) is 10.0 Å². The van der Waals surface area contributed by atoms with Gasteiger partial charge >= 0.3 is 0 Å². The van der Waals surface area contributed by atoms with Gasteiger partial charge in [-0.1, -0.05) is 18.2 Å². The van der Waals surface area contributed by atoms with Crippen LogP contribution in [0.15, 0.2) is 71.8 Å². The maximum absolute atomic E-state index is 12.6. The molecule has 1 aliphatic heterocycles. The Morgan fingerprint density at radius 2 is 1.61 bits per heavy atom. The predicted molar refractivity (Wildman–Crippen MR) is 104 cm³/mol. The summed E-state index contributed by atoms with van der Waals surface area (Å²) in [5.41, 5.74) is 1.65. The molecule has 4 rings (SSSR count). The van der Waals surface area contributed by atoms with Crippen molar-refractivity contribution in [2.75, 3.05) is 9.62 Å². The van der Waals surface area contributed by atoms with Crippen LogP contribution in [0.2, 0.25) is 0 Å². The molecule has 7 nitrogen and oxygen atoms in total. The Hall–Kier alpha value is -3.52. The number of carbonyl (C=O) groups excluding carboxylic acids is 2. The number of aromatic nitrogens is 1. The summed E-state index contributed by atoms with van der Waals surface area (Å²) < 4.78 is 27.7. The van der Waals surface area contributed by atoms with Gasteiger partial charge in [0.2, 0.25) is 0 Å². The molecule has 28 heavy (non-hydrogen) atoms. The lowest BCUT2D eigenvalue weighted by Crippen LogP contribution is -2.29. The van der Waals surface area contributed by atoms with E-state index in [2.05, 4.69) is 9.71 Å².